The monoisotopic (exact) mass is 365 g/mol. The van der Waals surface area contributed by atoms with Gasteiger partial charge in [0.05, 0.1) is 6.42 Å². The van der Waals surface area contributed by atoms with Gasteiger partial charge in [-0.3, -0.25) is 9.69 Å². The van der Waals surface area contributed by atoms with Gasteiger partial charge in [0, 0.05) is 38.4 Å². The zero-order valence-corrected chi connectivity index (χ0v) is 16.6. The Balaban J connectivity index is 1.32. The molecule has 3 rings (SSSR count). The number of amides is 1. The molecular formula is C23H31N3O. The standard InChI is InChI=1S/C23H31N3O/c1-19-7-5-10-22(17-19)26-15-13-25(14-16-26)12-6-11-24-23(27)18-21-9-4-3-8-20(21)2/h3-5,7-10,17H,6,11-16,18H2,1-2H3,(H,24,27). The number of hydrogen-bond donors (Lipinski definition) is 1. The molecule has 0 saturated carbocycles. The van der Waals surface area contributed by atoms with Crippen molar-refractivity contribution in [2.75, 3.05) is 44.2 Å². The molecule has 144 valence electrons. The van der Waals surface area contributed by atoms with E-state index in [0.717, 1.165) is 51.3 Å². The lowest BCUT2D eigenvalue weighted by Gasteiger charge is -2.36. The minimum Gasteiger partial charge on any atom is -0.369 e. The molecule has 0 spiro atoms. The first-order valence-corrected chi connectivity index (χ1v) is 9.97. The van der Waals surface area contributed by atoms with E-state index in [-0.39, 0.29) is 5.91 Å². The predicted molar refractivity (Wildman–Crippen MR) is 112 cm³/mol. The van der Waals surface area contributed by atoms with Crippen LogP contribution in [-0.2, 0) is 11.2 Å². The Hall–Kier alpha value is -2.33. The van der Waals surface area contributed by atoms with E-state index >= 15 is 0 Å². The summed E-state index contributed by atoms with van der Waals surface area (Å²) in [6.07, 6.45) is 1.48. The first kappa shape index (κ1) is 19.4. The van der Waals surface area contributed by atoms with E-state index in [1.165, 1.54) is 16.8 Å². The number of rotatable bonds is 7. The number of benzene rings is 2. The Morgan fingerprint density at radius 2 is 1.78 bits per heavy atom. The van der Waals surface area contributed by atoms with Crippen LogP contribution in [-0.4, -0.2) is 50.1 Å². The van der Waals surface area contributed by atoms with Crippen LogP contribution in [0.15, 0.2) is 48.5 Å². The number of hydrogen-bond acceptors (Lipinski definition) is 3. The molecule has 1 saturated heterocycles. The lowest BCUT2D eigenvalue weighted by atomic mass is 10.1. The van der Waals surface area contributed by atoms with Gasteiger partial charge in [0.25, 0.3) is 0 Å². The smallest absolute Gasteiger partial charge is 0.224 e. The molecule has 4 heteroatoms. The van der Waals surface area contributed by atoms with Gasteiger partial charge in [-0.15, -0.1) is 0 Å². The summed E-state index contributed by atoms with van der Waals surface area (Å²) in [5, 5.41) is 3.06. The normalized spacial score (nSPS) is 15.0. The third-order valence-corrected chi connectivity index (χ3v) is 5.32. The molecule has 0 radical (unpaired) electrons. The number of piperazine rings is 1. The number of aryl methyl sites for hydroxylation is 2. The van der Waals surface area contributed by atoms with Crippen LogP contribution in [0.4, 0.5) is 5.69 Å². The molecule has 27 heavy (non-hydrogen) atoms. The number of carbonyl (C=O) groups excluding carboxylic acids is 1. The Morgan fingerprint density at radius 1 is 1.00 bits per heavy atom. The van der Waals surface area contributed by atoms with Crippen LogP contribution in [0.2, 0.25) is 0 Å². The average Bonchev–Trinajstić information content (AvgIpc) is 2.68. The van der Waals surface area contributed by atoms with Crippen molar-refractivity contribution in [3.05, 3.63) is 65.2 Å². The second-order valence-electron chi connectivity index (χ2n) is 7.47. The second-order valence-corrected chi connectivity index (χ2v) is 7.47. The summed E-state index contributed by atoms with van der Waals surface area (Å²) in [5.41, 5.74) is 4.94. The summed E-state index contributed by atoms with van der Waals surface area (Å²) in [5.74, 6) is 0.119. The van der Waals surface area contributed by atoms with Crippen molar-refractivity contribution < 1.29 is 4.79 Å². The quantitative estimate of drug-likeness (QED) is 0.766. The third kappa shape index (κ3) is 5.83. The SMILES string of the molecule is Cc1cccc(N2CCN(CCCNC(=O)Cc3ccccc3C)CC2)c1. The molecule has 1 N–H and O–H groups in total. The van der Waals surface area contributed by atoms with Crippen molar-refractivity contribution in [2.45, 2.75) is 26.7 Å². The van der Waals surface area contributed by atoms with Gasteiger partial charge in [0.2, 0.25) is 5.91 Å². The van der Waals surface area contributed by atoms with E-state index in [4.69, 9.17) is 0 Å². The van der Waals surface area contributed by atoms with Crippen LogP contribution in [0.1, 0.15) is 23.1 Å². The first-order valence-electron chi connectivity index (χ1n) is 9.97. The molecular weight excluding hydrogens is 334 g/mol. The van der Waals surface area contributed by atoms with Gasteiger partial charge < -0.3 is 10.2 Å². The molecule has 1 fully saturated rings. The van der Waals surface area contributed by atoms with Crippen LogP contribution in [0.25, 0.3) is 0 Å². The zero-order chi connectivity index (χ0) is 19.1. The highest BCUT2D eigenvalue weighted by molar-refractivity contribution is 5.78. The van der Waals surface area contributed by atoms with Crippen LogP contribution >= 0.6 is 0 Å². The number of carbonyl (C=O) groups is 1. The van der Waals surface area contributed by atoms with E-state index in [1.807, 2.05) is 18.2 Å². The summed E-state index contributed by atoms with van der Waals surface area (Å²) in [7, 11) is 0. The molecule has 2 aromatic carbocycles. The number of nitrogens with zero attached hydrogens (tertiary/aromatic N) is 2. The second kappa shape index (κ2) is 9.56. The van der Waals surface area contributed by atoms with Crippen molar-refractivity contribution in [3.8, 4) is 0 Å². The van der Waals surface area contributed by atoms with Crippen molar-refractivity contribution in [1.82, 2.24) is 10.2 Å². The summed E-state index contributed by atoms with van der Waals surface area (Å²) >= 11 is 0. The summed E-state index contributed by atoms with van der Waals surface area (Å²) in [6.45, 7) is 10.3. The summed E-state index contributed by atoms with van der Waals surface area (Å²) in [4.78, 5) is 17.1. The van der Waals surface area contributed by atoms with Gasteiger partial charge in [-0.2, -0.15) is 0 Å². The Labute approximate surface area is 163 Å². The number of nitrogens with one attached hydrogen (secondary N) is 1. The Morgan fingerprint density at radius 3 is 2.52 bits per heavy atom. The van der Waals surface area contributed by atoms with Crippen LogP contribution in [0.5, 0.6) is 0 Å². The van der Waals surface area contributed by atoms with E-state index in [0.29, 0.717) is 6.42 Å². The highest BCUT2D eigenvalue weighted by atomic mass is 16.1. The van der Waals surface area contributed by atoms with Gasteiger partial charge in [-0.25, -0.2) is 0 Å². The molecule has 4 nitrogen and oxygen atoms in total. The predicted octanol–water partition coefficient (Wildman–Crippen LogP) is 3.17. The topological polar surface area (TPSA) is 35.6 Å². The zero-order valence-electron chi connectivity index (χ0n) is 16.6. The Kier molecular flexibility index (Phi) is 6.88. The minimum atomic E-state index is 0.119. The molecule has 1 amide bonds. The van der Waals surface area contributed by atoms with E-state index < -0.39 is 0 Å². The molecule has 0 atom stereocenters. The van der Waals surface area contributed by atoms with E-state index in [2.05, 4.69) is 59.3 Å². The van der Waals surface area contributed by atoms with Gasteiger partial charge >= 0.3 is 0 Å². The summed E-state index contributed by atoms with van der Waals surface area (Å²) < 4.78 is 0. The molecule has 2 aromatic rings. The number of anilines is 1. The van der Waals surface area contributed by atoms with E-state index in [9.17, 15) is 4.79 Å². The lowest BCUT2D eigenvalue weighted by molar-refractivity contribution is -0.120. The van der Waals surface area contributed by atoms with Crippen molar-refractivity contribution in [2.24, 2.45) is 0 Å². The van der Waals surface area contributed by atoms with Gasteiger partial charge in [0.1, 0.15) is 0 Å². The molecule has 0 unspecified atom stereocenters. The van der Waals surface area contributed by atoms with Crippen LogP contribution in [0.3, 0.4) is 0 Å². The Bertz CT molecular complexity index is 751. The highest BCUT2D eigenvalue weighted by Gasteiger charge is 2.16. The van der Waals surface area contributed by atoms with Gasteiger partial charge in [0.15, 0.2) is 0 Å². The third-order valence-electron chi connectivity index (χ3n) is 5.32. The largest absolute Gasteiger partial charge is 0.369 e. The fourth-order valence-electron chi connectivity index (χ4n) is 3.63. The first-order chi connectivity index (χ1) is 13.1. The fraction of sp³-hybridized carbons (Fsp3) is 0.435. The molecule has 0 bridgehead atoms. The molecule has 1 heterocycles. The molecule has 0 aromatic heterocycles. The maximum atomic E-state index is 12.1. The summed E-state index contributed by atoms with van der Waals surface area (Å²) in [6, 6.07) is 16.8. The van der Waals surface area contributed by atoms with Crippen molar-refractivity contribution in [1.29, 1.82) is 0 Å². The molecule has 1 aliphatic heterocycles. The van der Waals surface area contributed by atoms with Crippen molar-refractivity contribution >= 4 is 11.6 Å². The minimum absolute atomic E-state index is 0.119. The maximum absolute atomic E-state index is 12.1. The lowest BCUT2D eigenvalue weighted by Crippen LogP contribution is -2.47. The van der Waals surface area contributed by atoms with E-state index in [1.54, 1.807) is 0 Å². The van der Waals surface area contributed by atoms with Gasteiger partial charge in [-0.1, -0.05) is 36.4 Å². The highest BCUT2D eigenvalue weighted by Crippen LogP contribution is 2.17. The van der Waals surface area contributed by atoms with Crippen molar-refractivity contribution in [3.63, 3.8) is 0 Å². The fourth-order valence-corrected chi connectivity index (χ4v) is 3.63. The molecule has 0 aliphatic carbocycles. The van der Waals surface area contributed by atoms with Crippen LogP contribution < -0.4 is 10.2 Å². The van der Waals surface area contributed by atoms with Crippen LogP contribution in [0, 0.1) is 13.8 Å². The maximum Gasteiger partial charge on any atom is 0.224 e. The molecule has 1 aliphatic rings. The average molecular weight is 366 g/mol. The van der Waals surface area contributed by atoms with Gasteiger partial charge in [-0.05, 0) is 55.6 Å².